The van der Waals surface area contributed by atoms with Gasteiger partial charge in [0.25, 0.3) is 5.91 Å². The Morgan fingerprint density at radius 1 is 1.16 bits per heavy atom. The number of hydrogen-bond donors (Lipinski definition) is 0. The maximum absolute atomic E-state index is 13.8. The summed E-state index contributed by atoms with van der Waals surface area (Å²) in [5, 5.41) is 0. The fourth-order valence-corrected chi connectivity index (χ4v) is 5.93. The molecule has 3 heterocycles. The van der Waals surface area contributed by atoms with Gasteiger partial charge in [-0.05, 0) is 56.3 Å². The second-order valence-corrected chi connectivity index (χ2v) is 10.1. The van der Waals surface area contributed by atoms with Crippen molar-refractivity contribution in [2.75, 3.05) is 18.1 Å². The van der Waals surface area contributed by atoms with E-state index in [2.05, 4.69) is 31.9 Å². The van der Waals surface area contributed by atoms with Crippen molar-refractivity contribution in [3.8, 4) is 5.75 Å². The van der Waals surface area contributed by atoms with Crippen LogP contribution in [0, 0.1) is 11.8 Å². The molecule has 7 nitrogen and oxygen atoms in total. The van der Waals surface area contributed by atoms with Crippen LogP contribution >= 0.6 is 31.9 Å². The molecule has 3 aliphatic rings. The summed E-state index contributed by atoms with van der Waals surface area (Å²) in [6, 6.07) is 11.6. The van der Waals surface area contributed by atoms with Crippen molar-refractivity contribution < 1.29 is 23.9 Å². The molecule has 2 saturated heterocycles. The number of esters is 1. The fraction of sp³-hybridized carbons (Fsp3) is 0.348. The zero-order valence-electron chi connectivity index (χ0n) is 17.4. The summed E-state index contributed by atoms with van der Waals surface area (Å²) in [4.78, 5) is 43.5. The number of halogens is 2. The number of anilines is 1. The minimum Gasteiger partial charge on any atom is -0.493 e. The molecule has 166 valence electrons. The summed E-state index contributed by atoms with van der Waals surface area (Å²) in [7, 11) is 0. The SMILES string of the molecule is CCOC(=O)C1C2COc3ccc(Br)cc3C2N2C(=O)N(c3ccc(Br)cc3)C(=O)[C@]12C. The van der Waals surface area contributed by atoms with Gasteiger partial charge in [0.2, 0.25) is 0 Å². The standard InChI is InChI=1S/C23H20Br2N2O5/c1-3-31-20(28)18-16-11-32-17-9-6-13(25)10-15(17)19(16)27-22(30)26(21(29)23(18,27)2)14-7-4-12(24)5-8-14/h4-10,16,18-19H,3,11H2,1-2H3/t16?,18?,19?,23-/m0/s1. The van der Waals surface area contributed by atoms with Crippen LogP contribution in [0.25, 0.3) is 0 Å². The summed E-state index contributed by atoms with van der Waals surface area (Å²) in [5.74, 6) is -1.54. The van der Waals surface area contributed by atoms with Crippen LogP contribution in [0.3, 0.4) is 0 Å². The Morgan fingerprint density at radius 2 is 1.84 bits per heavy atom. The van der Waals surface area contributed by atoms with E-state index in [4.69, 9.17) is 9.47 Å². The van der Waals surface area contributed by atoms with Gasteiger partial charge in [-0.3, -0.25) is 9.59 Å². The van der Waals surface area contributed by atoms with Crippen molar-refractivity contribution in [3.63, 3.8) is 0 Å². The second-order valence-electron chi connectivity index (χ2n) is 8.25. The first-order chi connectivity index (χ1) is 15.3. The number of urea groups is 1. The Balaban J connectivity index is 1.69. The molecule has 32 heavy (non-hydrogen) atoms. The smallest absolute Gasteiger partial charge is 0.332 e. The van der Waals surface area contributed by atoms with Gasteiger partial charge >= 0.3 is 12.0 Å². The zero-order chi connectivity index (χ0) is 22.8. The zero-order valence-corrected chi connectivity index (χ0v) is 20.6. The number of imide groups is 1. The van der Waals surface area contributed by atoms with Crippen molar-refractivity contribution in [1.82, 2.24) is 4.90 Å². The maximum atomic E-state index is 13.8. The fourth-order valence-electron chi connectivity index (χ4n) is 5.28. The number of amides is 3. The largest absolute Gasteiger partial charge is 0.493 e. The summed E-state index contributed by atoms with van der Waals surface area (Å²) in [5.41, 5.74) is -0.161. The molecule has 0 aromatic heterocycles. The number of carbonyl (C=O) groups is 3. The monoisotopic (exact) mass is 562 g/mol. The van der Waals surface area contributed by atoms with Crippen molar-refractivity contribution in [3.05, 3.63) is 57.0 Å². The number of carbonyl (C=O) groups excluding carboxylic acids is 3. The van der Waals surface area contributed by atoms with E-state index in [1.165, 1.54) is 4.90 Å². The van der Waals surface area contributed by atoms with Gasteiger partial charge in [0, 0.05) is 20.4 Å². The van der Waals surface area contributed by atoms with E-state index in [-0.39, 0.29) is 13.2 Å². The van der Waals surface area contributed by atoms with E-state index in [1.807, 2.05) is 18.2 Å². The molecule has 5 rings (SSSR count). The van der Waals surface area contributed by atoms with E-state index in [0.29, 0.717) is 11.4 Å². The molecule has 2 fully saturated rings. The average Bonchev–Trinajstić information content (AvgIpc) is 3.14. The Morgan fingerprint density at radius 3 is 2.53 bits per heavy atom. The molecule has 0 spiro atoms. The van der Waals surface area contributed by atoms with Crippen molar-refractivity contribution in [2.45, 2.75) is 25.4 Å². The van der Waals surface area contributed by atoms with Crippen molar-refractivity contribution in [2.24, 2.45) is 11.8 Å². The van der Waals surface area contributed by atoms with Gasteiger partial charge in [-0.2, -0.15) is 0 Å². The molecule has 0 saturated carbocycles. The van der Waals surface area contributed by atoms with Crippen LogP contribution in [0.15, 0.2) is 51.4 Å². The highest BCUT2D eigenvalue weighted by Crippen LogP contribution is 2.58. The Labute approximate surface area is 201 Å². The molecule has 3 aliphatic heterocycles. The van der Waals surface area contributed by atoms with Gasteiger partial charge in [-0.25, -0.2) is 9.69 Å². The lowest BCUT2D eigenvalue weighted by Gasteiger charge is -2.34. The first kappa shape index (κ1) is 21.5. The van der Waals surface area contributed by atoms with Crippen molar-refractivity contribution in [1.29, 1.82) is 0 Å². The number of ether oxygens (including phenoxy) is 2. The molecular weight excluding hydrogens is 544 g/mol. The molecular formula is C23H20Br2N2O5. The molecule has 3 amide bonds. The lowest BCUT2D eigenvalue weighted by molar-refractivity contribution is -0.154. The minimum atomic E-state index is -1.39. The number of benzene rings is 2. The molecule has 0 N–H and O–H groups in total. The molecule has 0 aliphatic carbocycles. The third-order valence-electron chi connectivity index (χ3n) is 6.60. The van der Waals surface area contributed by atoms with E-state index < -0.39 is 41.3 Å². The Hall–Kier alpha value is -2.39. The third-order valence-corrected chi connectivity index (χ3v) is 7.62. The van der Waals surface area contributed by atoms with E-state index in [0.717, 1.165) is 14.5 Å². The highest BCUT2D eigenvalue weighted by molar-refractivity contribution is 9.10. The summed E-state index contributed by atoms with van der Waals surface area (Å²) in [6.45, 7) is 3.80. The third kappa shape index (κ3) is 2.86. The topological polar surface area (TPSA) is 76.2 Å². The van der Waals surface area contributed by atoms with Crippen LogP contribution in [0.4, 0.5) is 10.5 Å². The number of rotatable bonds is 3. The van der Waals surface area contributed by atoms with Gasteiger partial charge in [-0.1, -0.05) is 31.9 Å². The number of nitrogens with zero attached hydrogens (tertiary/aromatic N) is 2. The van der Waals surface area contributed by atoms with E-state index >= 15 is 0 Å². The molecule has 2 aromatic rings. The number of hydrogen-bond acceptors (Lipinski definition) is 5. The lowest BCUT2D eigenvalue weighted by Crippen LogP contribution is -2.51. The maximum Gasteiger partial charge on any atom is 0.332 e. The predicted octanol–water partition coefficient (Wildman–Crippen LogP) is 4.68. The summed E-state index contributed by atoms with van der Waals surface area (Å²) in [6.07, 6.45) is 0. The van der Waals surface area contributed by atoms with Gasteiger partial charge in [0.05, 0.1) is 30.9 Å². The van der Waals surface area contributed by atoms with E-state index in [1.54, 1.807) is 43.0 Å². The molecule has 4 atom stereocenters. The second kappa shape index (κ2) is 7.59. The highest BCUT2D eigenvalue weighted by Gasteiger charge is 2.72. The van der Waals surface area contributed by atoms with Crippen LogP contribution in [-0.4, -0.2) is 41.6 Å². The lowest BCUT2D eigenvalue weighted by atomic mass is 9.77. The van der Waals surface area contributed by atoms with Gasteiger partial charge in [0.1, 0.15) is 11.3 Å². The van der Waals surface area contributed by atoms with Crippen molar-refractivity contribution >= 4 is 55.5 Å². The van der Waals surface area contributed by atoms with Crippen LogP contribution in [-0.2, 0) is 14.3 Å². The van der Waals surface area contributed by atoms with Crippen LogP contribution < -0.4 is 9.64 Å². The normalized spacial score (nSPS) is 28.2. The Bertz CT molecular complexity index is 1140. The predicted molar refractivity (Wildman–Crippen MR) is 123 cm³/mol. The van der Waals surface area contributed by atoms with E-state index in [9.17, 15) is 14.4 Å². The molecule has 9 heteroatoms. The molecule has 2 aromatic carbocycles. The highest BCUT2D eigenvalue weighted by atomic mass is 79.9. The van der Waals surface area contributed by atoms with Crippen LogP contribution in [0.2, 0.25) is 0 Å². The van der Waals surface area contributed by atoms with Gasteiger partial charge < -0.3 is 14.4 Å². The summed E-state index contributed by atoms with van der Waals surface area (Å²) >= 11 is 6.87. The van der Waals surface area contributed by atoms with Crippen LogP contribution in [0.1, 0.15) is 25.5 Å². The first-order valence-electron chi connectivity index (χ1n) is 10.3. The first-order valence-corrected chi connectivity index (χ1v) is 11.9. The van der Waals surface area contributed by atoms with Crippen LogP contribution in [0.5, 0.6) is 5.75 Å². The summed E-state index contributed by atoms with van der Waals surface area (Å²) < 4.78 is 13.0. The molecule has 3 unspecified atom stereocenters. The Kier molecular flexibility index (Phi) is 5.09. The molecule has 0 radical (unpaired) electrons. The molecule has 0 bridgehead atoms. The number of fused-ring (bicyclic) bond motifs is 5. The van der Waals surface area contributed by atoms with Gasteiger partial charge in [-0.15, -0.1) is 0 Å². The average molecular weight is 564 g/mol. The minimum absolute atomic E-state index is 0.185. The quantitative estimate of drug-likeness (QED) is 0.400. The van der Waals surface area contributed by atoms with Gasteiger partial charge in [0.15, 0.2) is 0 Å².